The zero-order valence-corrected chi connectivity index (χ0v) is 16.9. The molecule has 0 bridgehead atoms. The van der Waals surface area contributed by atoms with Crippen molar-refractivity contribution in [3.63, 3.8) is 0 Å². The molecule has 4 rings (SSSR count). The van der Waals surface area contributed by atoms with Gasteiger partial charge in [0.25, 0.3) is 0 Å². The number of hydrogen-bond acceptors (Lipinski definition) is 5. The number of hydrogen-bond donors (Lipinski definition) is 1. The van der Waals surface area contributed by atoms with Crippen LogP contribution in [0.15, 0.2) is 53.1 Å². The van der Waals surface area contributed by atoms with Crippen LogP contribution in [0, 0.1) is 0 Å². The Morgan fingerprint density at radius 2 is 1.76 bits per heavy atom. The molecule has 6 nitrogen and oxygen atoms in total. The first-order chi connectivity index (χ1) is 14.2. The second-order valence-electron chi connectivity index (χ2n) is 7.15. The van der Waals surface area contributed by atoms with Crippen LogP contribution in [-0.4, -0.2) is 29.1 Å². The van der Waals surface area contributed by atoms with E-state index in [1.807, 2.05) is 30.3 Å². The third-order valence-corrected chi connectivity index (χ3v) is 5.48. The average molecular weight is 411 g/mol. The molecule has 1 aromatic heterocycles. The van der Waals surface area contributed by atoms with Crippen molar-refractivity contribution in [1.29, 1.82) is 0 Å². The zero-order valence-electron chi connectivity index (χ0n) is 16.1. The summed E-state index contributed by atoms with van der Waals surface area (Å²) in [7, 11) is 0. The molecule has 0 aliphatic carbocycles. The van der Waals surface area contributed by atoms with Crippen molar-refractivity contribution >= 4 is 23.2 Å². The SMILES string of the molecule is O=C(NCc1ccccc1Cl)c1nc(-c2ccc(N3CCCCCC3)cc2)no1. The van der Waals surface area contributed by atoms with Crippen molar-refractivity contribution in [3.8, 4) is 11.4 Å². The van der Waals surface area contributed by atoms with E-state index in [9.17, 15) is 4.79 Å². The van der Waals surface area contributed by atoms with E-state index in [-0.39, 0.29) is 5.89 Å². The van der Waals surface area contributed by atoms with Gasteiger partial charge in [-0.05, 0) is 48.7 Å². The fourth-order valence-electron chi connectivity index (χ4n) is 3.48. The number of halogens is 1. The molecule has 0 spiro atoms. The van der Waals surface area contributed by atoms with Crippen molar-refractivity contribution in [2.45, 2.75) is 32.2 Å². The van der Waals surface area contributed by atoms with Crippen LogP contribution in [0.4, 0.5) is 5.69 Å². The first-order valence-electron chi connectivity index (χ1n) is 9.91. The van der Waals surface area contributed by atoms with E-state index < -0.39 is 5.91 Å². The first kappa shape index (κ1) is 19.5. The maximum absolute atomic E-state index is 12.3. The van der Waals surface area contributed by atoms with Crippen LogP contribution >= 0.6 is 11.6 Å². The Balaban J connectivity index is 1.40. The molecule has 29 heavy (non-hydrogen) atoms. The second-order valence-corrected chi connectivity index (χ2v) is 7.55. The van der Waals surface area contributed by atoms with Gasteiger partial charge in [0.15, 0.2) is 0 Å². The smallest absolute Gasteiger partial charge is 0.316 e. The quantitative estimate of drug-likeness (QED) is 0.660. The summed E-state index contributed by atoms with van der Waals surface area (Å²) in [5.74, 6) is -0.0937. The Morgan fingerprint density at radius 1 is 1.03 bits per heavy atom. The third kappa shape index (κ3) is 4.77. The van der Waals surface area contributed by atoms with Gasteiger partial charge in [-0.3, -0.25) is 4.79 Å². The lowest BCUT2D eigenvalue weighted by Gasteiger charge is -2.22. The number of anilines is 1. The minimum Gasteiger partial charge on any atom is -0.372 e. The summed E-state index contributed by atoms with van der Waals surface area (Å²) >= 11 is 6.11. The molecule has 3 aromatic rings. The van der Waals surface area contributed by atoms with E-state index in [1.54, 1.807) is 6.07 Å². The van der Waals surface area contributed by atoms with Gasteiger partial charge in [-0.15, -0.1) is 0 Å². The molecule has 150 valence electrons. The molecule has 7 heteroatoms. The van der Waals surface area contributed by atoms with Crippen molar-refractivity contribution in [2.75, 3.05) is 18.0 Å². The van der Waals surface area contributed by atoms with Gasteiger partial charge in [-0.1, -0.05) is 47.8 Å². The Bertz CT molecular complexity index is 963. The van der Waals surface area contributed by atoms with Gasteiger partial charge in [-0.2, -0.15) is 4.98 Å². The molecule has 1 amide bonds. The summed E-state index contributed by atoms with van der Waals surface area (Å²) in [6.45, 7) is 2.48. The number of amides is 1. The highest BCUT2D eigenvalue weighted by atomic mass is 35.5. The normalized spacial score (nSPS) is 14.4. The number of nitrogens with one attached hydrogen (secondary N) is 1. The van der Waals surface area contributed by atoms with Crippen LogP contribution in [0.2, 0.25) is 5.02 Å². The molecule has 0 unspecified atom stereocenters. The molecular formula is C22H23ClN4O2. The predicted octanol–water partition coefficient (Wildman–Crippen LogP) is 4.70. The Kier molecular flexibility index (Phi) is 6.10. The van der Waals surface area contributed by atoms with Crippen LogP contribution < -0.4 is 10.2 Å². The predicted molar refractivity (Wildman–Crippen MR) is 113 cm³/mol. The summed E-state index contributed by atoms with van der Waals surface area (Å²) in [5, 5.41) is 7.30. The highest BCUT2D eigenvalue weighted by molar-refractivity contribution is 6.31. The first-order valence-corrected chi connectivity index (χ1v) is 10.3. The van der Waals surface area contributed by atoms with E-state index in [4.69, 9.17) is 16.1 Å². The fourth-order valence-corrected chi connectivity index (χ4v) is 3.68. The van der Waals surface area contributed by atoms with E-state index >= 15 is 0 Å². The van der Waals surface area contributed by atoms with E-state index in [1.165, 1.54) is 31.4 Å². The maximum Gasteiger partial charge on any atom is 0.316 e. The van der Waals surface area contributed by atoms with Crippen LogP contribution in [-0.2, 0) is 6.54 Å². The van der Waals surface area contributed by atoms with Crippen molar-refractivity contribution < 1.29 is 9.32 Å². The summed E-state index contributed by atoms with van der Waals surface area (Å²) in [5.41, 5.74) is 2.85. The molecule has 0 saturated carbocycles. The monoisotopic (exact) mass is 410 g/mol. The highest BCUT2D eigenvalue weighted by Crippen LogP contribution is 2.23. The standard InChI is InChI=1S/C22H23ClN4O2/c23-19-8-4-3-7-17(19)15-24-21(28)22-25-20(26-29-22)16-9-11-18(12-10-16)27-13-5-1-2-6-14-27/h3-4,7-12H,1-2,5-6,13-15H2,(H,24,28). The summed E-state index contributed by atoms with van der Waals surface area (Å²) in [6.07, 6.45) is 5.08. The molecule has 1 aliphatic rings. The van der Waals surface area contributed by atoms with Crippen molar-refractivity contribution in [2.24, 2.45) is 0 Å². The fraction of sp³-hybridized carbons (Fsp3) is 0.318. The van der Waals surface area contributed by atoms with Gasteiger partial charge in [0.05, 0.1) is 0 Å². The summed E-state index contributed by atoms with van der Waals surface area (Å²) in [6, 6.07) is 15.4. The second kappa shape index (κ2) is 9.09. The Labute approximate surface area is 174 Å². The van der Waals surface area contributed by atoms with E-state index in [2.05, 4.69) is 32.5 Å². The van der Waals surface area contributed by atoms with E-state index in [0.717, 1.165) is 24.2 Å². The number of carbonyl (C=O) groups excluding carboxylic acids is 1. The number of aromatic nitrogens is 2. The van der Waals surface area contributed by atoms with Gasteiger partial charge in [0, 0.05) is 35.9 Å². The minimum absolute atomic E-state index is 0.0661. The number of rotatable bonds is 5. The topological polar surface area (TPSA) is 71.3 Å². The maximum atomic E-state index is 12.3. The molecule has 0 atom stereocenters. The zero-order chi connectivity index (χ0) is 20.1. The minimum atomic E-state index is -0.426. The van der Waals surface area contributed by atoms with Gasteiger partial charge in [0.2, 0.25) is 5.82 Å². The third-order valence-electron chi connectivity index (χ3n) is 5.11. The van der Waals surface area contributed by atoms with Gasteiger partial charge in [0.1, 0.15) is 0 Å². The van der Waals surface area contributed by atoms with Gasteiger partial charge in [-0.25, -0.2) is 0 Å². The van der Waals surface area contributed by atoms with Crippen LogP contribution in [0.5, 0.6) is 0 Å². The Hall–Kier alpha value is -2.86. The molecule has 2 aromatic carbocycles. The average Bonchev–Trinajstić information content (AvgIpc) is 3.09. The lowest BCUT2D eigenvalue weighted by Crippen LogP contribution is -2.23. The van der Waals surface area contributed by atoms with Crippen molar-refractivity contribution in [1.82, 2.24) is 15.5 Å². The molecule has 0 radical (unpaired) electrons. The number of benzene rings is 2. The highest BCUT2D eigenvalue weighted by Gasteiger charge is 2.17. The summed E-state index contributed by atoms with van der Waals surface area (Å²) < 4.78 is 5.15. The number of nitrogens with zero attached hydrogens (tertiary/aromatic N) is 3. The lowest BCUT2D eigenvalue weighted by molar-refractivity contribution is 0.0907. The molecule has 1 fully saturated rings. The summed E-state index contributed by atoms with van der Waals surface area (Å²) in [4.78, 5) is 19.0. The molecular weight excluding hydrogens is 388 g/mol. The van der Waals surface area contributed by atoms with Gasteiger partial charge >= 0.3 is 11.8 Å². The lowest BCUT2D eigenvalue weighted by atomic mass is 10.2. The van der Waals surface area contributed by atoms with Gasteiger partial charge < -0.3 is 14.7 Å². The van der Waals surface area contributed by atoms with Crippen LogP contribution in [0.25, 0.3) is 11.4 Å². The number of carbonyl (C=O) groups is 1. The van der Waals surface area contributed by atoms with Crippen LogP contribution in [0.1, 0.15) is 41.9 Å². The largest absolute Gasteiger partial charge is 0.372 e. The van der Waals surface area contributed by atoms with Crippen molar-refractivity contribution in [3.05, 3.63) is 65.0 Å². The molecule has 1 N–H and O–H groups in total. The van der Waals surface area contributed by atoms with Crippen LogP contribution in [0.3, 0.4) is 0 Å². The molecule has 2 heterocycles. The molecule has 1 aliphatic heterocycles. The Morgan fingerprint density at radius 3 is 2.48 bits per heavy atom. The molecule has 1 saturated heterocycles. The van der Waals surface area contributed by atoms with E-state index in [0.29, 0.717) is 17.4 Å².